The first-order valence-corrected chi connectivity index (χ1v) is 7.00. The van der Waals surface area contributed by atoms with Crippen LogP contribution in [0.4, 0.5) is 0 Å². The number of hydrogen-bond acceptors (Lipinski definition) is 5. The maximum Gasteiger partial charge on any atom is 0.105 e. The van der Waals surface area contributed by atoms with Gasteiger partial charge in [0, 0.05) is 31.5 Å². The zero-order valence-corrected chi connectivity index (χ0v) is 11.2. The molecule has 0 spiro atoms. The molecule has 2 unspecified atom stereocenters. The standard InChI is InChI=1S/C12H20N2O2S/c1-3-11-14-10(7-17-11)6-13-8-12(15)4-5-16-9(12)2/h7,9,13,15H,3-6,8H2,1-2H3. The van der Waals surface area contributed by atoms with Crippen molar-refractivity contribution in [3.63, 3.8) is 0 Å². The van der Waals surface area contributed by atoms with E-state index in [2.05, 4.69) is 22.6 Å². The van der Waals surface area contributed by atoms with Crippen molar-refractivity contribution in [1.82, 2.24) is 10.3 Å². The Morgan fingerprint density at radius 3 is 3.12 bits per heavy atom. The van der Waals surface area contributed by atoms with Crippen LogP contribution in [0.3, 0.4) is 0 Å². The Morgan fingerprint density at radius 1 is 1.71 bits per heavy atom. The van der Waals surface area contributed by atoms with Crippen LogP contribution in [0.5, 0.6) is 0 Å². The van der Waals surface area contributed by atoms with Gasteiger partial charge >= 0.3 is 0 Å². The topological polar surface area (TPSA) is 54.4 Å². The van der Waals surface area contributed by atoms with Gasteiger partial charge in [0.25, 0.3) is 0 Å². The Bertz CT molecular complexity index is 369. The minimum atomic E-state index is -0.719. The summed E-state index contributed by atoms with van der Waals surface area (Å²) in [6, 6.07) is 0. The third-order valence-corrected chi connectivity index (χ3v) is 4.34. The molecule has 1 aromatic rings. The maximum atomic E-state index is 10.3. The first-order chi connectivity index (χ1) is 8.14. The molecule has 2 heterocycles. The highest BCUT2D eigenvalue weighted by Crippen LogP contribution is 2.24. The van der Waals surface area contributed by atoms with E-state index >= 15 is 0 Å². The van der Waals surface area contributed by atoms with Crippen molar-refractivity contribution in [1.29, 1.82) is 0 Å². The van der Waals surface area contributed by atoms with Gasteiger partial charge in [0.05, 0.1) is 16.8 Å². The van der Waals surface area contributed by atoms with E-state index in [0.717, 1.165) is 17.1 Å². The first-order valence-electron chi connectivity index (χ1n) is 6.12. The van der Waals surface area contributed by atoms with Gasteiger partial charge in [-0.25, -0.2) is 4.98 Å². The van der Waals surface area contributed by atoms with Gasteiger partial charge in [-0.3, -0.25) is 0 Å². The number of aryl methyl sites for hydroxylation is 1. The highest BCUT2D eigenvalue weighted by Gasteiger charge is 2.38. The molecule has 0 saturated carbocycles. The SMILES string of the molecule is CCc1nc(CNCC2(O)CCOC2C)cs1. The van der Waals surface area contributed by atoms with Crippen molar-refractivity contribution < 1.29 is 9.84 Å². The van der Waals surface area contributed by atoms with Crippen molar-refractivity contribution in [2.45, 2.75) is 44.9 Å². The number of nitrogens with zero attached hydrogens (tertiary/aromatic N) is 1. The molecule has 2 rings (SSSR count). The summed E-state index contributed by atoms with van der Waals surface area (Å²) in [6.45, 7) is 5.96. The Labute approximate surface area is 106 Å². The Morgan fingerprint density at radius 2 is 2.53 bits per heavy atom. The summed E-state index contributed by atoms with van der Waals surface area (Å²) in [6.07, 6.45) is 1.61. The summed E-state index contributed by atoms with van der Waals surface area (Å²) in [5.74, 6) is 0. The Kier molecular flexibility index (Phi) is 4.14. The van der Waals surface area contributed by atoms with E-state index in [0.29, 0.717) is 26.1 Å². The maximum absolute atomic E-state index is 10.3. The quantitative estimate of drug-likeness (QED) is 0.834. The van der Waals surface area contributed by atoms with Crippen molar-refractivity contribution in [2.24, 2.45) is 0 Å². The van der Waals surface area contributed by atoms with Crippen molar-refractivity contribution in [3.8, 4) is 0 Å². The third kappa shape index (κ3) is 3.04. The van der Waals surface area contributed by atoms with Gasteiger partial charge in [-0.05, 0) is 13.3 Å². The number of ether oxygens (including phenoxy) is 1. The molecule has 1 aliphatic rings. The third-order valence-electron chi connectivity index (χ3n) is 3.30. The van der Waals surface area contributed by atoms with E-state index in [1.165, 1.54) is 0 Å². The Hall–Kier alpha value is -0.490. The molecule has 2 atom stereocenters. The van der Waals surface area contributed by atoms with Crippen LogP contribution < -0.4 is 5.32 Å². The second kappa shape index (κ2) is 5.44. The van der Waals surface area contributed by atoms with E-state index in [1.807, 2.05) is 6.92 Å². The molecular formula is C12H20N2O2S. The number of hydrogen-bond donors (Lipinski definition) is 2. The first kappa shape index (κ1) is 13.0. The highest BCUT2D eigenvalue weighted by molar-refractivity contribution is 7.09. The molecule has 1 fully saturated rings. The van der Waals surface area contributed by atoms with Gasteiger partial charge in [-0.2, -0.15) is 0 Å². The second-order valence-corrected chi connectivity index (χ2v) is 5.50. The highest BCUT2D eigenvalue weighted by atomic mass is 32.1. The van der Waals surface area contributed by atoms with Gasteiger partial charge in [-0.1, -0.05) is 6.92 Å². The molecule has 0 aromatic carbocycles. The van der Waals surface area contributed by atoms with Gasteiger partial charge in [-0.15, -0.1) is 11.3 Å². The monoisotopic (exact) mass is 256 g/mol. The van der Waals surface area contributed by atoms with Crippen molar-refractivity contribution in [2.75, 3.05) is 13.2 Å². The van der Waals surface area contributed by atoms with Gasteiger partial charge < -0.3 is 15.2 Å². The summed E-state index contributed by atoms with van der Waals surface area (Å²) < 4.78 is 5.39. The molecule has 0 radical (unpaired) electrons. The van der Waals surface area contributed by atoms with Crippen LogP contribution in [0.25, 0.3) is 0 Å². The molecule has 0 amide bonds. The van der Waals surface area contributed by atoms with Crippen LogP contribution in [0.15, 0.2) is 5.38 Å². The molecule has 0 bridgehead atoms. The lowest BCUT2D eigenvalue weighted by molar-refractivity contribution is -0.0263. The molecule has 2 N–H and O–H groups in total. The summed E-state index contributed by atoms with van der Waals surface area (Å²) in [4.78, 5) is 4.48. The molecule has 1 aromatic heterocycles. The van der Waals surface area contributed by atoms with Crippen LogP contribution in [-0.4, -0.2) is 34.9 Å². The minimum absolute atomic E-state index is 0.0864. The van der Waals surface area contributed by atoms with Crippen LogP contribution in [-0.2, 0) is 17.7 Å². The molecule has 0 aliphatic carbocycles. The lowest BCUT2D eigenvalue weighted by Gasteiger charge is -2.26. The summed E-state index contributed by atoms with van der Waals surface area (Å²) in [5, 5.41) is 16.8. The van der Waals surface area contributed by atoms with Crippen LogP contribution in [0.2, 0.25) is 0 Å². The lowest BCUT2D eigenvalue weighted by Crippen LogP contribution is -2.45. The fourth-order valence-electron chi connectivity index (χ4n) is 2.00. The minimum Gasteiger partial charge on any atom is -0.386 e. The van der Waals surface area contributed by atoms with Gasteiger partial charge in [0.2, 0.25) is 0 Å². The molecule has 4 nitrogen and oxygen atoms in total. The summed E-state index contributed by atoms with van der Waals surface area (Å²) in [7, 11) is 0. The number of rotatable bonds is 5. The van der Waals surface area contributed by atoms with Crippen LogP contribution >= 0.6 is 11.3 Å². The molecule has 5 heteroatoms. The van der Waals surface area contributed by atoms with Crippen molar-refractivity contribution in [3.05, 3.63) is 16.1 Å². The van der Waals surface area contributed by atoms with Crippen LogP contribution in [0.1, 0.15) is 31.0 Å². The van der Waals surface area contributed by atoms with Crippen molar-refractivity contribution >= 4 is 11.3 Å². The molecule has 96 valence electrons. The van der Waals surface area contributed by atoms with E-state index < -0.39 is 5.60 Å². The lowest BCUT2D eigenvalue weighted by atomic mass is 9.97. The summed E-state index contributed by atoms with van der Waals surface area (Å²) in [5.41, 5.74) is 0.339. The zero-order valence-electron chi connectivity index (χ0n) is 10.4. The number of aromatic nitrogens is 1. The van der Waals surface area contributed by atoms with E-state index in [9.17, 15) is 5.11 Å². The average Bonchev–Trinajstić information content (AvgIpc) is 2.88. The van der Waals surface area contributed by atoms with E-state index in [1.54, 1.807) is 11.3 Å². The molecular weight excluding hydrogens is 236 g/mol. The molecule has 17 heavy (non-hydrogen) atoms. The van der Waals surface area contributed by atoms with Gasteiger partial charge in [0.15, 0.2) is 0 Å². The Balaban J connectivity index is 1.79. The zero-order chi connectivity index (χ0) is 12.3. The normalized spacial score (nSPS) is 28.8. The predicted octanol–water partition coefficient (Wildman–Crippen LogP) is 1.33. The molecule has 1 saturated heterocycles. The number of nitrogens with one attached hydrogen (secondary N) is 1. The fraction of sp³-hybridized carbons (Fsp3) is 0.750. The number of aliphatic hydroxyl groups is 1. The summed E-state index contributed by atoms with van der Waals surface area (Å²) >= 11 is 1.69. The fourth-order valence-corrected chi connectivity index (χ4v) is 2.75. The molecule has 1 aliphatic heterocycles. The van der Waals surface area contributed by atoms with E-state index in [4.69, 9.17) is 4.74 Å². The average molecular weight is 256 g/mol. The van der Waals surface area contributed by atoms with Gasteiger partial charge in [0.1, 0.15) is 5.60 Å². The van der Waals surface area contributed by atoms with E-state index in [-0.39, 0.29) is 6.10 Å². The second-order valence-electron chi connectivity index (χ2n) is 4.56. The smallest absolute Gasteiger partial charge is 0.105 e. The number of thiazole rings is 1. The predicted molar refractivity (Wildman–Crippen MR) is 68.2 cm³/mol. The largest absolute Gasteiger partial charge is 0.386 e. The van der Waals surface area contributed by atoms with Crippen LogP contribution in [0, 0.1) is 0 Å².